The predicted octanol–water partition coefficient (Wildman–Crippen LogP) is 4.86. The lowest BCUT2D eigenvalue weighted by Crippen LogP contribution is -2.56. The number of H-pyrrole nitrogens is 1. The summed E-state index contributed by atoms with van der Waals surface area (Å²) >= 11 is 0. The number of fused-ring (bicyclic) bond motifs is 1. The fraction of sp³-hybridized carbons (Fsp3) is 0.457. The second-order valence-electron chi connectivity index (χ2n) is 13.4. The van der Waals surface area contributed by atoms with Crippen LogP contribution in [0.3, 0.4) is 0 Å². The highest BCUT2D eigenvalue weighted by molar-refractivity contribution is 5.89. The number of rotatable bonds is 6. The van der Waals surface area contributed by atoms with E-state index >= 15 is 0 Å². The summed E-state index contributed by atoms with van der Waals surface area (Å²) in [6.45, 7) is 12.5. The van der Waals surface area contributed by atoms with Gasteiger partial charge in [-0.2, -0.15) is 5.26 Å². The number of hydrogen-bond acceptors (Lipinski definition) is 10. The number of carbonyl (C=O) groups excluding carboxylic acids is 1. The Hall–Kier alpha value is -4.73. The van der Waals surface area contributed by atoms with E-state index < -0.39 is 5.60 Å². The van der Waals surface area contributed by atoms with Crippen LogP contribution in [0.15, 0.2) is 48.8 Å². The fourth-order valence-corrected chi connectivity index (χ4v) is 6.32. The molecule has 3 aliphatic heterocycles. The van der Waals surface area contributed by atoms with Crippen LogP contribution in [0.25, 0.3) is 33.8 Å². The zero-order valence-electron chi connectivity index (χ0n) is 27.1. The molecule has 0 saturated carbocycles. The first kappa shape index (κ1) is 30.9. The van der Waals surface area contributed by atoms with Gasteiger partial charge in [0.25, 0.3) is 0 Å². The van der Waals surface area contributed by atoms with Gasteiger partial charge in [-0.3, -0.25) is 4.90 Å². The molecule has 12 heteroatoms. The number of imidazole rings is 1. The SMILES string of the molecule is CC(C)(C)OC(=O)N1CCC(Oc2ccc(-c3ncnc4nc(-c5ccc(N6CCN(C7COC7)CC6)cc5)[nH]c34)cc2C#N)CC1. The Bertz CT molecular complexity index is 1770. The normalized spacial score (nSPS) is 18.2. The van der Waals surface area contributed by atoms with Gasteiger partial charge in [0.1, 0.15) is 41.2 Å². The van der Waals surface area contributed by atoms with Crippen LogP contribution in [-0.2, 0) is 9.47 Å². The van der Waals surface area contributed by atoms with E-state index in [2.05, 4.69) is 55.1 Å². The number of aromatic nitrogens is 4. The maximum Gasteiger partial charge on any atom is 0.410 e. The number of hydrogen-bond donors (Lipinski definition) is 1. The van der Waals surface area contributed by atoms with Crippen molar-refractivity contribution in [2.24, 2.45) is 0 Å². The molecule has 3 saturated heterocycles. The molecule has 12 nitrogen and oxygen atoms in total. The van der Waals surface area contributed by atoms with Crippen molar-refractivity contribution in [3.63, 3.8) is 0 Å². The molecule has 5 heterocycles. The summed E-state index contributed by atoms with van der Waals surface area (Å²) in [5.74, 6) is 1.22. The van der Waals surface area contributed by atoms with Crippen molar-refractivity contribution >= 4 is 22.9 Å². The van der Waals surface area contributed by atoms with Gasteiger partial charge in [0.05, 0.1) is 30.5 Å². The van der Waals surface area contributed by atoms with Crippen LogP contribution in [-0.4, -0.2) is 106 Å². The highest BCUT2D eigenvalue weighted by atomic mass is 16.6. The number of carbonyl (C=O) groups is 1. The highest BCUT2D eigenvalue weighted by Gasteiger charge is 2.30. The van der Waals surface area contributed by atoms with Crippen molar-refractivity contribution in [1.29, 1.82) is 5.26 Å². The molecule has 4 aromatic rings. The van der Waals surface area contributed by atoms with Crippen molar-refractivity contribution in [3.8, 4) is 34.5 Å². The summed E-state index contributed by atoms with van der Waals surface area (Å²) in [6.07, 6.45) is 2.39. The molecule has 3 fully saturated rings. The molecule has 0 aliphatic carbocycles. The molecular weight excluding hydrogens is 596 g/mol. The third kappa shape index (κ3) is 6.73. The standard InChI is InChI=1S/C35H40N8O4/c1-35(2,3)47-34(44)43-12-10-28(11-13-43)46-29-9-6-24(18-25(29)19-36)30-31-33(38-22-37-30)40-32(39-31)23-4-7-26(8-5-23)41-14-16-42(17-15-41)27-20-45-21-27/h4-9,18,22,27-28H,10-17,20-21H2,1-3H3,(H,37,38,39,40). The van der Waals surface area contributed by atoms with Crippen molar-refractivity contribution in [2.45, 2.75) is 51.4 Å². The van der Waals surface area contributed by atoms with Crippen LogP contribution in [0, 0.1) is 11.3 Å². The van der Waals surface area contributed by atoms with Crippen LogP contribution < -0.4 is 9.64 Å². The second-order valence-corrected chi connectivity index (χ2v) is 13.4. The van der Waals surface area contributed by atoms with Crippen molar-refractivity contribution in [3.05, 3.63) is 54.4 Å². The zero-order valence-corrected chi connectivity index (χ0v) is 27.1. The Labute approximate surface area is 274 Å². The van der Waals surface area contributed by atoms with Gasteiger partial charge in [-0.25, -0.2) is 19.7 Å². The lowest BCUT2D eigenvalue weighted by Gasteiger charge is -2.43. The number of anilines is 1. The average molecular weight is 637 g/mol. The number of nitrogens with one attached hydrogen (secondary N) is 1. The van der Waals surface area contributed by atoms with E-state index in [0.29, 0.717) is 66.0 Å². The Morgan fingerprint density at radius 3 is 2.36 bits per heavy atom. The number of piperazine rings is 1. The van der Waals surface area contributed by atoms with Gasteiger partial charge in [0.2, 0.25) is 0 Å². The zero-order chi connectivity index (χ0) is 32.5. The number of likely N-dealkylation sites (tertiary alicyclic amines) is 1. The van der Waals surface area contributed by atoms with Crippen LogP contribution in [0.5, 0.6) is 5.75 Å². The molecule has 3 aliphatic rings. The van der Waals surface area contributed by atoms with Crippen LogP contribution in [0.2, 0.25) is 0 Å². The molecular formula is C35H40N8O4. The number of benzene rings is 2. The Balaban J connectivity index is 1.03. The van der Waals surface area contributed by atoms with Crippen molar-refractivity contribution in [2.75, 3.05) is 57.4 Å². The van der Waals surface area contributed by atoms with E-state index in [4.69, 9.17) is 19.2 Å². The van der Waals surface area contributed by atoms with E-state index in [1.807, 2.05) is 32.9 Å². The number of nitriles is 1. The molecule has 0 atom stereocenters. The first-order valence-corrected chi connectivity index (χ1v) is 16.3. The van der Waals surface area contributed by atoms with Gasteiger partial charge in [0, 0.05) is 68.9 Å². The minimum Gasteiger partial charge on any atom is -0.489 e. The van der Waals surface area contributed by atoms with Gasteiger partial charge in [-0.1, -0.05) is 0 Å². The number of aromatic amines is 1. The van der Waals surface area contributed by atoms with E-state index in [1.165, 1.54) is 12.0 Å². The minimum absolute atomic E-state index is 0.106. The molecule has 2 aromatic heterocycles. The monoisotopic (exact) mass is 636 g/mol. The van der Waals surface area contributed by atoms with Crippen molar-refractivity contribution < 1.29 is 19.0 Å². The van der Waals surface area contributed by atoms with Crippen LogP contribution >= 0.6 is 0 Å². The molecule has 0 radical (unpaired) electrons. The fourth-order valence-electron chi connectivity index (χ4n) is 6.32. The summed E-state index contributed by atoms with van der Waals surface area (Å²) in [4.78, 5) is 36.3. The van der Waals surface area contributed by atoms with Gasteiger partial charge in [-0.05, 0) is 63.2 Å². The van der Waals surface area contributed by atoms with Gasteiger partial charge in [-0.15, -0.1) is 0 Å². The van der Waals surface area contributed by atoms with Gasteiger partial charge in [0.15, 0.2) is 5.65 Å². The van der Waals surface area contributed by atoms with E-state index in [-0.39, 0.29) is 12.2 Å². The first-order chi connectivity index (χ1) is 22.7. The molecule has 1 N–H and O–H groups in total. The third-order valence-electron chi connectivity index (χ3n) is 9.01. The second kappa shape index (κ2) is 12.8. The molecule has 0 bridgehead atoms. The van der Waals surface area contributed by atoms with E-state index in [0.717, 1.165) is 50.5 Å². The predicted molar refractivity (Wildman–Crippen MR) is 177 cm³/mol. The van der Waals surface area contributed by atoms with Crippen molar-refractivity contribution in [1.82, 2.24) is 29.7 Å². The topological polar surface area (TPSA) is 133 Å². The summed E-state index contributed by atoms with van der Waals surface area (Å²) in [6, 6.07) is 16.9. The summed E-state index contributed by atoms with van der Waals surface area (Å²) in [5, 5.41) is 10.0. The van der Waals surface area contributed by atoms with E-state index in [1.54, 1.807) is 11.0 Å². The molecule has 47 heavy (non-hydrogen) atoms. The smallest absolute Gasteiger partial charge is 0.410 e. The molecule has 7 rings (SSSR count). The van der Waals surface area contributed by atoms with Gasteiger partial charge >= 0.3 is 6.09 Å². The van der Waals surface area contributed by atoms with E-state index in [9.17, 15) is 10.1 Å². The van der Waals surface area contributed by atoms with Crippen LogP contribution in [0.4, 0.5) is 10.5 Å². The van der Waals surface area contributed by atoms with Gasteiger partial charge < -0.3 is 29.0 Å². The number of amides is 1. The largest absolute Gasteiger partial charge is 0.489 e. The molecule has 2 aromatic carbocycles. The molecule has 244 valence electrons. The molecule has 0 spiro atoms. The maximum absolute atomic E-state index is 12.4. The summed E-state index contributed by atoms with van der Waals surface area (Å²) in [5.41, 5.74) is 4.73. The minimum atomic E-state index is -0.533. The maximum atomic E-state index is 12.4. The highest BCUT2D eigenvalue weighted by Crippen LogP contribution is 2.32. The third-order valence-corrected chi connectivity index (χ3v) is 9.01. The lowest BCUT2D eigenvalue weighted by molar-refractivity contribution is -0.0660. The average Bonchev–Trinajstić information content (AvgIpc) is 3.49. The molecule has 1 amide bonds. The quantitative estimate of drug-likeness (QED) is 0.313. The number of nitrogens with zero attached hydrogens (tertiary/aromatic N) is 7. The van der Waals surface area contributed by atoms with Crippen LogP contribution in [0.1, 0.15) is 39.2 Å². The number of ether oxygens (including phenoxy) is 3. The summed E-state index contributed by atoms with van der Waals surface area (Å²) < 4.78 is 17.1. The Kier molecular flexibility index (Phi) is 8.42. The molecule has 0 unspecified atom stereocenters. The summed E-state index contributed by atoms with van der Waals surface area (Å²) in [7, 11) is 0. The Morgan fingerprint density at radius 2 is 1.70 bits per heavy atom. The Morgan fingerprint density at radius 1 is 0.979 bits per heavy atom. The first-order valence-electron chi connectivity index (χ1n) is 16.3. The number of piperidine rings is 1. The lowest BCUT2D eigenvalue weighted by atomic mass is 10.1.